The van der Waals surface area contributed by atoms with Crippen molar-refractivity contribution in [3.05, 3.63) is 69.9 Å². The third-order valence-electron chi connectivity index (χ3n) is 4.51. The van der Waals surface area contributed by atoms with Crippen molar-refractivity contribution in [1.29, 1.82) is 0 Å². The summed E-state index contributed by atoms with van der Waals surface area (Å²) in [6, 6.07) is 16.4. The molecule has 2 N–H and O–H groups in total. The van der Waals surface area contributed by atoms with Crippen LogP contribution in [0.2, 0.25) is 0 Å². The Kier molecular flexibility index (Phi) is 4.31. The second-order valence-corrected chi connectivity index (χ2v) is 7.44. The molecule has 0 bridgehead atoms. The largest absolute Gasteiger partial charge is 0.308 e. The van der Waals surface area contributed by atoms with E-state index in [0.29, 0.717) is 12.2 Å². The number of rotatable bonds is 4. The number of carbonyl (C=O) groups is 1. The molecule has 0 saturated carbocycles. The van der Waals surface area contributed by atoms with Crippen molar-refractivity contribution in [2.45, 2.75) is 20.3 Å². The van der Waals surface area contributed by atoms with E-state index in [-0.39, 0.29) is 5.91 Å². The summed E-state index contributed by atoms with van der Waals surface area (Å²) in [6.45, 7) is 4.24. The minimum atomic E-state index is -0.0559. The van der Waals surface area contributed by atoms with Crippen LogP contribution in [-0.4, -0.2) is 16.1 Å². The van der Waals surface area contributed by atoms with Crippen molar-refractivity contribution in [2.75, 3.05) is 5.32 Å². The van der Waals surface area contributed by atoms with E-state index < -0.39 is 0 Å². The van der Waals surface area contributed by atoms with Gasteiger partial charge in [0, 0.05) is 10.3 Å². The summed E-state index contributed by atoms with van der Waals surface area (Å²) in [6.07, 6.45) is 0.368. The second kappa shape index (κ2) is 6.77. The summed E-state index contributed by atoms with van der Waals surface area (Å²) >= 11 is 1.58. The molecule has 0 saturated heterocycles. The van der Waals surface area contributed by atoms with E-state index in [4.69, 9.17) is 0 Å². The standard InChI is InChI=1S/C21H19N3OS/c1-13-5-3-6-14(2)20(13)15-8-9-17-18(11-15)23-24-21(17)22-19(25)12-16-7-4-10-26-16/h3-11H,12H2,1-2H3,(H2,22,23,24,25). The smallest absolute Gasteiger partial charge is 0.230 e. The molecule has 0 fully saturated rings. The van der Waals surface area contributed by atoms with E-state index in [1.54, 1.807) is 11.3 Å². The monoisotopic (exact) mass is 361 g/mol. The van der Waals surface area contributed by atoms with Crippen LogP contribution in [0.3, 0.4) is 0 Å². The van der Waals surface area contributed by atoms with Crippen LogP contribution in [-0.2, 0) is 11.2 Å². The molecule has 2 heterocycles. The lowest BCUT2D eigenvalue weighted by molar-refractivity contribution is -0.115. The first-order chi connectivity index (χ1) is 12.6. The number of aromatic amines is 1. The molecule has 5 heteroatoms. The number of thiophene rings is 1. The SMILES string of the molecule is Cc1cccc(C)c1-c1ccc2c(NC(=O)Cc3cccs3)n[nH]c2c1. The van der Waals surface area contributed by atoms with Gasteiger partial charge in [-0.25, -0.2) is 0 Å². The molecule has 130 valence electrons. The van der Waals surface area contributed by atoms with Crippen LogP contribution < -0.4 is 5.32 Å². The zero-order valence-electron chi connectivity index (χ0n) is 14.7. The van der Waals surface area contributed by atoms with Gasteiger partial charge in [0.15, 0.2) is 5.82 Å². The highest BCUT2D eigenvalue weighted by Crippen LogP contribution is 2.31. The van der Waals surface area contributed by atoms with Crippen molar-refractivity contribution in [1.82, 2.24) is 10.2 Å². The summed E-state index contributed by atoms with van der Waals surface area (Å²) < 4.78 is 0. The van der Waals surface area contributed by atoms with Gasteiger partial charge in [-0.2, -0.15) is 5.10 Å². The zero-order chi connectivity index (χ0) is 18.1. The van der Waals surface area contributed by atoms with Gasteiger partial charge in [0.2, 0.25) is 5.91 Å². The Hall–Kier alpha value is -2.92. The number of carbonyl (C=O) groups excluding carboxylic acids is 1. The minimum Gasteiger partial charge on any atom is -0.308 e. The number of anilines is 1. The van der Waals surface area contributed by atoms with Gasteiger partial charge in [0.05, 0.1) is 11.9 Å². The van der Waals surface area contributed by atoms with Gasteiger partial charge in [-0.05, 0) is 59.7 Å². The van der Waals surface area contributed by atoms with E-state index in [0.717, 1.165) is 21.3 Å². The van der Waals surface area contributed by atoms with E-state index in [1.807, 2.05) is 23.6 Å². The van der Waals surface area contributed by atoms with Crippen LogP contribution in [0, 0.1) is 13.8 Å². The van der Waals surface area contributed by atoms with E-state index in [2.05, 4.69) is 59.7 Å². The lowest BCUT2D eigenvalue weighted by Crippen LogP contribution is -2.14. The van der Waals surface area contributed by atoms with E-state index in [9.17, 15) is 4.79 Å². The first-order valence-corrected chi connectivity index (χ1v) is 9.37. The van der Waals surface area contributed by atoms with Gasteiger partial charge in [-0.1, -0.05) is 30.3 Å². The molecular weight excluding hydrogens is 342 g/mol. The molecule has 26 heavy (non-hydrogen) atoms. The average molecular weight is 361 g/mol. The molecule has 0 aliphatic carbocycles. The van der Waals surface area contributed by atoms with Crippen LogP contribution in [0.15, 0.2) is 53.9 Å². The zero-order valence-corrected chi connectivity index (χ0v) is 15.5. The van der Waals surface area contributed by atoms with Crippen LogP contribution in [0.4, 0.5) is 5.82 Å². The number of aromatic nitrogens is 2. The summed E-state index contributed by atoms with van der Waals surface area (Å²) in [5, 5.41) is 13.1. The maximum absolute atomic E-state index is 12.2. The van der Waals surface area contributed by atoms with Crippen molar-refractivity contribution in [3.8, 4) is 11.1 Å². The van der Waals surface area contributed by atoms with Crippen molar-refractivity contribution in [3.63, 3.8) is 0 Å². The quantitative estimate of drug-likeness (QED) is 0.532. The van der Waals surface area contributed by atoms with Gasteiger partial charge in [0.25, 0.3) is 0 Å². The molecule has 4 aromatic rings. The molecule has 4 rings (SSSR count). The number of aryl methyl sites for hydroxylation is 2. The minimum absolute atomic E-state index is 0.0559. The number of hydrogen-bond acceptors (Lipinski definition) is 3. The van der Waals surface area contributed by atoms with E-state index in [1.165, 1.54) is 16.7 Å². The second-order valence-electron chi connectivity index (χ2n) is 6.40. The summed E-state index contributed by atoms with van der Waals surface area (Å²) in [4.78, 5) is 13.3. The fraction of sp³-hybridized carbons (Fsp3) is 0.143. The Morgan fingerprint density at radius 3 is 2.65 bits per heavy atom. The Morgan fingerprint density at radius 2 is 1.92 bits per heavy atom. The van der Waals surface area contributed by atoms with Gasteiger partial charge in [0.1, 0.15) is 0 Å². The van der Waals surface area contributed by atoms with Crippen LogP contribution in [0.5, 0.6) is 0 Å². The van der Waals surface area contributed by atoms with Crippen molar-refractivity contribution in [2.24, 2.45) is 0 Å². The highest BCUT2D eigenvalue weighted by molar-refractivity contribution is 7.10. The summed E-state index contributed by atoms with van der Waals surface area (Å²) in [5.74, 6) is 0.522. The van der Waals surface area contributed by atoms with Crippen molar-refractivity contribution < 1.29 is 4.79 Å². The Balaban J connectivity index is 1.62. The molecular formula is C21H19N3OS. The summed E-state index contributed by atoms with van der Waals surface area (Å²) in [5.41, 5.74) is 5.79. The number of nitrogens with zero attached hydrogens (tertiary/aromatic N) is 1. The predicted octanol–water partition coefficient (Wildman–Crippen LogP) is 5.09. The number of amides is 1. The molecule has 2 aromatic heterocycles. The van der Waals surface area contributed by atoms with Crippen LogP contribution >= 0.6 is 11.3 Å². The number of nitrogens with one attached hydrogen (secondary N) is 2. The molecule has 0 unspecified atom stereocenters. The highest BCUT2D eigenvalue weighted by Gasteiger charge is 2.12. The van der Waals surface area contributed by atoms with Crippen molar-refractivity contribution >= 4 is 34.0 Å². The summed E-state index contributed by atoms with van der Waals surface area (Å²) in [7, 11) is 0. The molecule has 0 aliphatic rings. The highest BCUT2D eigenvalue weighted by atomic mass is 32.1. The molecule has 0 radical (unpaired) electrons. The van der Waals surface area contributed by atoms with Gasteiger partial charge in [-0.15, -0.1) is 11.3 Å². The average Bonchev–Trinajstić information content (AvgIpc) is 3.25. The molecule has 2 aromatic carbocycles. The van der Waals surface area contributed by atoms with Gasteiger partial charge >= 0.3 is 0 Å². The Labute approximate surface area is 155 Å². The maximum Gasteiger partial charge on any atom is 0.230 e. The molecule has 0 aliphatic heterocycles. The van der Waals surface area contributed by atoms with Gasteiger partial charge < -0.3 is 5.32 Å². The number of benzene rings is 2. The predicted molar refractivity (Wildman–Crippen MR) is 108 cm³/mol. The number of H-pyrrole nitrogens is 1. The molecule has 0 atom stereocenters. The maximum atomic E-state index is 12.2. The first-order valence-electron chi connectivity index (χ1n) is 8.49. The Bertz CT molecular complexity index is 1060. The number of hydrogen-bond donors (Lipinski definition) is 2. The first kappa shape index (κ1) is 16.5. The normalized spacial score (nSPS) is 11.0. The molecule has 1 amide bonds. The van der Waals surface area contributed by atoms with Crippen LogP contribution in [0.1, 0.15) is 16.0 Å². The third kappa shape index (κ3) is 3.13. The lowest BCUT2D eigenvalue weighted by Gasteiger charge is -2.10. The van der Waals surface area contributed by atoms with E-state index >= 15 is 0 Å². The number of fused-ring (bicyclic) bond motifs is 1. The fourth-order valence-corrected chi connectivity index (χ4v) is 3.99. The fourth-order valence-electron chi connectivity index (χ4n) is 3.29. The Morgan fingerprint density at radius 1 is 1.12 bits per heavy atom. The lowest BCUT2D eigenvalue weighted by atomic mass is 9.95. The molecule has 4 nitrogen and oxygen atoms in total. The molecule has 0 spiro atoms. The third-order valence-corrected chi connectivity index (χ3v) is 5.38. The topological polar surface area (TPSA) is 57.8 Å². The van der Waals surface area contributed by atoms with Gasteiger partial charge in [-0.3, -0.25) is 9.89 Å². The van der Waals surface area contributed by atoms with Crippen LogP contribution in [0.25, 0.3) is 22.0 Å².